The Bertz CT molecular complexity index is 508. The van der Waals surface area contributed by atoms with Crippen LogP contribution in [0, 0.1) is 0 Å². The van der Waals surface area contributed by atoms with Crippen molar-refractivity contribution in [2.24, 2.45) is 16.5 Å². The number of aromatic nitrogens is 4. The van der Waals surface area contributed by atoms with Crippen LogP contribution in [0.1, 0.15) is 12.7 Å². The Labute approximate surface area is 95.6 Å². The SMILES string of the molecule is CCc1nc(-c2csc(N=C(N)N)n2)n[nH]1. The fourth-order valence-electron chi connectivity index (χ4n) is 1.10. The third kappa shape index (κ3) is 2.16. The van der Waals surface area contributed by atoms with Crippen LogP contribution < -0.4 is 11.5 Å². The molecule has 84 valence electrons. The van der Waals surface area contributed by atoms with Crippen LogP contribution in [0.4, 0.5) is 5.13 Å². The van der Waals surface area contributed by atoms with Gasteiger partial charge >= 0.3 is 0 Å². The van der Waals surface area contributed by atoms with E-state index in [1.807, 2.05) is 12.3 Å². The number of H-pyrrole nitrogens is 1. The Morgan fingerprint density at radius 1 is 1.50 bits per heavy atom. The zero-order valence-electron chi connectivity index (χ0n) is 8.64. The van der Waals surface area contributed by atoms with Crippen molar-refractivity contribution in [3.05, 3.63) is 11.2 Å². The fraction of sp³-hybridized carbons (Fsp3) is 0.250. The molecule has 5 N–H and O–H groups in total. The Morgan fingerprint density at radius 3 is 2.94 bits per heavy atom. The summed E-state index contributed by atoms with van der Waals surface area (Å²) in [7, 11) is 0. The normalized spacial score (nSPS) is 10.3. The van der Waals surface area contributed by atoms with Crippen LogP contribution in [-0.2, 0) is 6.42 Å². The van der Waals surface area contributed by atoms with Gasteiger partial charge in [-0.05, 0) is 0 Å². The maximum atomic E-state index is 5.26. The molecule has 2 heterocycles. The number of nitrogens with one attached hydrogen (secondary N) is 1. The number of guanidine groups is 1. The smallest absolute Gasteiger partial charge is 0.212 e. The van der Waals surface area contributed by atoms with Gasteiger partial charge < -0.3 is 11.5 Å². The zero-order valence-corrected chi connectivity index (χ0v) is 9.45. The van der Waals surface area contributed by atoms with Gasteiger partial charge in [0.15, 0.2) is 5.96 Å². The quantitative estimate of drug-likeness (QED) is 0.527. The average Bonchev–Trinajstić information content (AvgIpc) is 2.83. The van der Waals surface area contributed by atoms with Gasteiger partial charge in [0.25, 0.3) is 0 Å². The van der Waals surface area contributed by atoms with E-state index in [1.165, 1.54) is 11.3 Å². The van der Waals surface area contributed by atoms with E-state index < -0.39 is 0 Å². The van der Waals surface area contributed by atoms with Gasteiger partial charge in [-0.3, -0.25) is 5.10 Å². The van der Waals surface area contributed by atoms with E-state index in [-0.39, 0.29) is 5.96 Å². The molecule has 0 aliphatic rings. The van der Waals surface area contributed by atoms with Gasteiger partial charge in [-0.15, -0.1) is 11.3 Å². The maximum absolute atomic E-state index is 5.26. The Balaban J connectivity index is 2.27. The third-order valence-electron chi connectivity index (χ3n) is 1.81. The number of aromatic amines is 1. The highest BCUT2D eigenvalue weighted by molar-refractivity contribution is 7.13. The molecule has 0 unspecified atom stereocenters. The van der Waals surface area contributed by atoms with Crippen molar-refractivity contribution in [3.63, 3.8) is 0 Å². The van der Waals surface area contributed by atoms with Gasteiger partial charge in [-0.1, -0.05) is 6.92 Å². The fourth-order valence-corrected chi connectivity index (χ4v) is 1.78. The highest BCUT2D eigenvalue weighted by atomic mass is 32.1. The maximum Gasteiger partial charge on any atom is 0.212 e. The minimum absolute atomic E-state index is 0.00913. The number of hydrogen-bond acceptors (Lipinski definition) is 5. The summed E-state index contributed by atoms with van der Waals surface area (Å²) in [6, 6.07) is 0. The minimum atomic E-state index is -0.00913. The lowest BCUT2D eigenvalue weighted by Gasteiger charge is -1.86. The number of nitrogens with zero attached hydrogens (tertiary/aromatic N) is 4. The summed E-state index contributed by atoms with van der Waals surface area (Å²) >= 11 is 1.34. The van der Waals surface area contributed by atoms with Gasteiger partial charge in [-0.25, -0.2) is 9.97 Å². The van der Waals surface area contributed by atoms with Crippen LogP contribution in [0.25, 0.3) is 11.5 Å². The highest BCUT2D eigenvalue weighted by Gasteiger charge is 2.09. The molecule has 2 rings (SSSR count). The first-order chi connectivity index (χ1) is 7.69. The molecule has 16 heavy (non-hydrogen) atoms. The lowest BCUT2D eigenvalue weighted by Crippen LogP contribution is -2.21. The van der Waals surface area contributed by atoms with E-state index in [2.05, 4.69) is 25.2 Å². The first kappa shape index (κ1) is 10.6. The standard InChI is InChI=1S/C8H11N7S/c1-2-5-12-6(15-14-5)4-3-16-8(11-4)13-7(9)10/h3H,2H2,1H3,(H,12,14,15)(H4,9,10,11,13). The van der Waals surface area contributed by atoms with Gasteiger partial charge in [0.1, 0.15) is 11.5 Å². The van der Waals surface area contributed by atoms with E-state index in [1.54, 1.807) is 0 Å². The third-order valence-corrected chi connectivity index (χ3v) is 2.55. The van der Waals surface area contributed by atoms with E-state index in [0.29, 0.717) is 16.6 Å². The number of hydrogen-bond donors (Lipinski definition) is 3. The molecule has 0 atom stereocenters. The van der Waals surface area contributed by atoms with Crippen molar-refractivity contribution in [1.29, 1.82) is 0 Å². The molecule has 8 heteroatoms. The summed E-state index contributed by atoms with van der Waals surface area (Å²) in [5, 5.41) is 9.18. The van der Waals surface area contributed by atoms with Gasteiger partial charge in [0.2, 0.25) is 11.0 Å². The molecule has 0 aliphatic carbocycles. The van der Waals surface area contributed by atoms with E-state index >= 15 is 0 Å². The number of aryl methyl sites for hydroxylation is 1. The Kier molecular flexibility index (Phi) is 2.82. The first-order valence-corrected chi connectivity index (χ1v) is 5.54. The van der Waals surface area contributed by atoms with Crippen molar-refractivity contribution in [1.82, 2.24) is 20.2 Å². The molecule has 0 amide bonds. The minimum Gasteiger partial charge on any atom is -0.370 e. The second kappa shape index (κ2) is 4.27. The molecule has 0 spiro atoms. The molecule has 7 nitrogen and oxygen atoms in total. The van der Waals surface area contributed by atoms with Crippen LogP contribution in [0.3, 0.4) is 0 Å². The second-order valence-electron chi connectivity index (χ2n) is 3.01. The largest absolute Gasteiger partial charge is 0.370 e. The Morgan fingerprint density at radius 2 is 2.31 bits per heavy atom. The molecule has 0 saturated heterocycles. The summed E-state index contributed by atoms with van der Waals surface area (Å²) in [4.78, 5) is 12.3. The van der Waals surface area contributed by atoms with Crippen molar-refractivity contribution >= 4 is 22.4 Å². The van der Waals surface area contributed by atoms with Crippen LogP contribution in [0.2, 0.25) is 0 Å². The van der Waals surface area contributed by atoms with Gasteiger partial charge in [0, 0.05) is 11.8 Å². The topological polar surface area (TPSA) is 119 Å². The van der Waals surface area contributed by atoms with Crippen molar-refractivity contribution in [2.45, 2.75) is 13.3 Å². The number of thiazole rings is 1. The summed E-state index contributed by atoms with van der Waals surface area (Å²) in [6.07, 6.45) is 0.803. The van der Waals surface area contributed by atoms with Crippen LogP contribution in [0.5, 0.6) is 0 Å². The average molecular weight is 237 g/mol. The summed E-state index contributed by atoms with van der Waals surface area (Å²) < 4.78 is 0. The van der Waals surface area contributed by atoms with Crippen molar-refractivity contribution in [2.75, 3.05) is 0 Å². The lowest BCUT2D eigenvalue weighted by atomic mass is 10.4. The molecule has 0 radical (unpaired) electrons. The summed E-state index contributed by atoms with van der Waals surface area (Å²) in [5.74, 6) is 1.38. The molecular weight excluding hydrogens is 226 g/mol. The molecule has 0 saturated carbocycles. The first-order valence-electron chi connectivity index (χ1n) is 4.66. The second-order valence-corrected chi connectivity index (χ2v) is 3.85. The van der Waals surface area contributed by atoms with Crippen molar-refractivity contribution < 1.29 is 0 Å². The molecule has 2 aromatic rings. The van der Waals surface area contributed by atoms with E-state index in [0.717, 1.165) is 12.2 Å². The molecule has 0 fully saturated rings. The van der Waals surface area contributed by atoms with Crippen LogP contribution in [-0.4, -0.2) is 26.1 Å². The highest BCUT2D eigenvalue weighted by Crippen LogP contribution is 2.24. The molecular formula is C8H11N7S. The van der Waals surface area contributed by atoms with Gasteiger partial charge in [0.05, 0.1) is 0 Å². The number of rotatable bonds is 3. The van der Waals surface area contributed by atoms with Crippen LogP contribution in [0.15, 0.2) is 10.4 Å². The molecule has 0 aliphatic heterocycles. The predicted molar refractivity (Wildman–Crippen MR) is 62.3 cm³/mol. The van der Waals surface area contributed by atoms with Crippen molar-refractivity contribution in [3.8, 4) is 11.5 Å². The number of nitrogens with two attached hydrogens (primary N) is 2. The lowest BCUT2D eigenvalue weighted by molar-refractivity contribution is 0.946. The summed E-state index contributed by atoms with van der Waals surface area (Å²) in [6.45, 7) is 2.00. The Hall–Kier alpha value is -1.96. The van der Waals surface area contributed by atoms with E-state index in [4.69, 9.17) is 11.5 Å². The molecule has 2 aromatic heterocycles. The number of aliphatic imine (C=N–C) groups is 1. The van der Waals surface area contributed by atoms with E-state index in [9.17, 15) is 0 Å². The van der Waals surface area contributed by atoms with Gasteiger partial charge in [-0.2, -0.15) is 10.1 Å². The summed E-state index contributed by atoms with van der Waals surface area (Å²) in [5.41, 5.74) is 11.2. The molecule has 0 bridgehead atoms. The monoisotopic (exact) mass is 237 g/mol. The predicted octanol–water partition coefficient (Wildman–Crippen LogP) is 0.396. The zero-order chi connectivity index (χ0) is 11.5. The van der Waals surface area contributed by atoms with Crippen LogP contribution >= 0.6 is 11.3 Å². The molecule has 0 aromatic carbocycles.